The molecule has 0 spiro atoms. The van der Waals surface area contributed by atoms with Gasteiger partial charge in [-0.25, -0.2) is 0 Å². The zero-order valence-electron chi connectivity index (χ0n) is 10.00. The molecule has 3 nitrogen and oxygen atoms in total. The Morgan fingerprint density at radius 3 is 2.75 bits per heavy atom. The number of nitrogens with one attached hydrogen (secondary N) is 2. The van der Waals surface area contributed by atoms with Crippen molar-refractivity contribution in [3.63, 3.8) is 0 Å². The van der Waals surface area contributed by atoms with Crippen LogP contribution in [0.4, 0.5) is 0 Å². The molecule has 2 unspecified atom stereocenters. The standard InChI is InChI=1S/C12H22N2OS/c1-9-11(2-5-13-9)12(15)14-8-10-3-6-16-7-4-10/h9-11,13H,2-8H2,1H3,(H,14,15). The predicted molar refractivity (Wildman–Crippen MR) is 68.6 cm³/mol. The van der Waals surface area contributed by atoms with Crippen LogP contribution in [0.2, 0.25) is 0 Å². The van der Waals surface area contributed by atoms with Gasteiger partial charge in [0.25, 0.3) is 0 Å². The first-order valence-corrected chi connectivity index (χ1v) is 7.51. The third kappa shape index (κ3) is 3.14. The van der Waals surface area contributed by atoms with E-state index in [1.54, 1.807) is 0 Å². The molecule has 0 aromatic rings. The molecule has 0 saturated carbocycles. The van der Waals surface area contributed by atoms with E-state index < -0.39 is 0 Å². The normalized spacial score (nSPS) is 31.6. The molecule has 2 aliphatic rings. The van der Waals surface area contributed by atoms with Gasteiger partial charge in [-0.05, 0) is 50.2 Å². The maximum absolute atomic E-state index is 11.9. The van der Waals surface area contributed by atoms with Gasteiger partial charge in [0.2, 0.25) is 5.91 Å². The fourth-order valence-electron chi connectivity index (χ4n) is 2.54. The smallest absolute Gasteiger partial charge is 0.224 e. The molecule has 16 heavy (non-hydrogen) atoms. The van der Waals surface area contributed by atoms with Crippen LogP contribution in [-0.4, -0.2) is 36.5 Å². The van der Waals surface area contributed by atoms with E-state index in [2.05, 4.69) is 17.6 Å². The van der Waals surface area contributed by atoms with Crippen LogP contribution in [0.3, 0.4) is 0 Å². The zero-order valence-corrected chi connectivity index (χ0v) is 10.8. The van der Waals surface area contributed by atoms with Gasteiger partial charge in [-0.2, -0.15) is 11.8 Å². The number of carbonyl (C=O) groups is 1. The molecule has 1 amide bonds. The minimum Gasteiger partial charge on any atom is -0.356 e. The second-order valence-corrected chi connectivity index (χ2v) is 6.16. The lowest BCUT2D eigenvalue weighted by Gasteiger charge is -2.23. The zero-order chi connectivity index (χ0) is 11.4. The SMILES string of the molecule is CC1NCCC1C(=O)NCC1CCSCC1. The molecular weight excluding hydrogens is 220 g/mol. The molecule has 2 saturated heterocycles. The van der Waals surface area contributed by atoms with Crippen LogP contribution < -0.4 is 10.6 Å². The van der Waals surface area contributed by atoms with Crippen molar-refractivity contribution in [1.29, 1.82) is 0 Å². The minimum atomic E-state index is 0.193. The first kappa shape index (κ1) is 12.2. The fourth-order valence-corrected chi connectivity index (χ4v) is 3.75. The van der Waals surface area contributed by atoms with E-state index in [0.717, 1.165) is 25.4 Å². The number of hydrogen-bond donors (Lipinski definition) is 2. The Morgan fingerprint density at radius 1 is 1.38 bits per heavy atom. The summed E-state index contributed by atoms with van der Waals surface area (Å²) in [5, 5.41) is 6.46. The molecular formula is C12H22N2OS. The van der Waals surface area contributed by atoms with Crippen molar-refractivity contribution in [1.82, 2.24) is 10.6 Å². The monoisotopic (exact) mass is 242 g/mol. The van der Waals surface area contributed by atoms with Crippen molar-refractivity contribution >= 4 is 17.7 Å². The minimum absolute atomic E-state index is 0.193. The largest absolute Gasteiger partial charge is 0.356 e. The van der Waals surface area contributed by atoms with Crippen LogP contribution in [0.5, 0.6) is 0 Å². The highest BCUT2D eigenvalue weighted by molar-refractivity contribution is 7.99. The van der Waals surface area contributed by atoms with Gasteiger partial charge in [-0.15, -0.1) is 0 Å². The molecule has 92 valence electrons. The van der Waals surface area contributed by atoms with Crippen molar-refractivity contribution in [2.75, 3.05) is 24.6 Å². The van der Waals surface area contributed by atoms with Gasteiger partial charge in [0.05, 0.1) is 5.92 Å². The predicted octanol–water partition coefficient (Wildman–Crippen LogP) is 1.24. The average Bonchev–Trinajstić information content (AvgIpc) is 2.74. The van der Waals surface area contributed by atoms with Gasteiger partial charge < -0.3 is 10.6 Å². The maximum atomic E-state index is 11.9. The lowest BCUT2D eigenvalue weighted by atomic mass is 9.99. The van der Waals surface area contributed by atoms with Crippen LogP contribution in [0.15, 0.2) is 0 Å². The molecule has 0 bridgehead atoms. The Labute approximate surface area is 102 Å². The van der Waals surface area contributed by atoms with Crippen molar-refractivity contribution in [2.24, 2.45) is 11.8 Å². The quantitative estimate of drug-likeness (QED) is 0.782. The molecule has 2 atom stereocenters. The van der Waals surface area contributed by atoms with E-state index in [1.807, 2.05) is 11.8 Å². The Bertz CT molecular complexity index is 241. The molecule has 0 aromatic heterocycles. The van der Waals surface area contributed by atoms with Gasteiger partial charge in [-0.3, -0.25) is 4.79 Å². The first-order valence-electron chi connectivity index (χ1n) is 6.36. The highest BCUT2D eigenvalue weighted by atomic mass is 32.2. The van der Waals surface area contributed by atoms with Gasteiger partial charge in [0.15, 0.2) is 0 Å². The summed E-state index contributed by atoms with van der Waals surface area (Å²) in [5.41, 5.74) is 0. The molecule has 2 heterocycles. The number of thioether (sulfide) groups is 1. The van der Waals surface area contributed by atoms with Crippen LogP contribution in [0, 0.1) is 11.8 Å². The summed E-state index contributed by atoms with van der Waals surface area (Å²) in [7, 11) is 0. The summed E-state index contributed by atoms with van der Waals surface area (Å²) in [6, 6.07) is 0.349. The van der Waals surface area contributed by atoms with Gasteiger partial charge in [0.1, 0.15) is 0 Å². The topological polar surface area (TPSA) is 41.1 Å². The second kappa shape index (κ2) is 5.92. The van der Waals surface area contributed by atoms with Gasteiger partial charge >= 0.3 is 0 Å². The van der Waals surface area contributed by atoms with E-state index in [1.165, 1.54) is 24.3 Å². The second-order valence-electron chi connectivity index (χ2n) is 4.94. The first-order chi connectivity index (χ1) is 7.77. The highest BCUT2D eigenvalue weighted by Gasteiger charge is 2.29. The van der Waals surface area contributed by atoms with Crippen molar-refractivity contribution in [3.05, 3.63) is 0 Å². The Morgan fingerprint density at radius 2 is 2.12 bits per heavy atom. The summed E-state index contributed by atoms with van der Waals surface area (Å²) < 4.78 is 0. The maximum Gasteiger partial charge on any atom is 0.224 e. The van der Waals surface area contributed by atoms with Crippen LogP contribution >= 0.6 is 11.8 Å². The molecule has 2 fully saturated rings. The van der Waals surface area contributed by atoms with Crippen LogP contribution in [0.25, 0.3) is 0 Å². The molecule has 2 N–H and O–H groups in total. The summed E-state index contributed by atoms with van der Waals surface area (Å²) in [6.45, 7) is 3.98. The molecule has 0 aromatic carbocycles. The average molecular weight is 242 g/mol. The highest BCUT2D eigenvalue weighted by Crippen LogP contribution is 2.22. The van der Waals surface area contributed by atoms with E-state index >= 15 is 0 Å². The lowest BCUT2D eigenvalue weighted by molar-refractivity contribution is -0.125. The van der Waals surface area contributed by atoms with Crippen molar-refractivity contribution < 1.29 is 4.79 Å². The Hall–Kier alpha value is -0.220. The summed E-state index contributed by atoms with van der Waals surface area (Å²) in [5.74, 6) is 3.70. The molecule has 0 radical (unpaired) electrons. The summed E-state index contributed by atoms with van der Waals surface area (Å²) in [6.07, 6.45) is 3.53. The number of amides is 1. The summed E-state index contributed by atoms with van der Waals surface area (Å²) >= 11 is 2.04. The third-order valence-corrected chi connectivity index (χ3v) is 4.82. The van der Waals surface area contributed by atoms with E-state index in [-0.39, 0.29) is 11.8 Å². The fraction of sp³-hybridized carbons (Fsp3) is 0.917. The van der Waals surface area contributed by atoms with Crippen molar-refractivity contribution in [3.8, 4) is 0 Å². The molecule has 2 rings (SSSR count). The Balaban J connectivity index is 1.70. The molecule has 0 aliphatic carbocycles. The van der Waals surface area contributed by atoms with Gasteiger partial charge in [-0.1, -0.05) is 0 Å². The number of rotatable bonds is 3. The van der Waals surface area contributed by atoms with Crippen molar-refractivity contribution in [2.45, 2.75) is 32.2 Å². The van der Waals surface area contributed by atoms with Gasteiger partial charge in [0, 0.05) is 12.6 Å². The number of hydrogen-bond acceptors (Lipinski definition) is 3. The Kier molecular flexibility index (Phi) is 4.53. The van der Waals surface area contributed by atoms with E-state index in [9.17, 15) is 4.79 Å². The van der Waals surface area contributed by atoms with Crippen LogP contribution in [0.1, 0.15) is 26.2 Å². The van der Waals surface area contributed by atoms with E-state index in [4.69, 9.17) is 0 Å². The number of carbonyl (C=O) groups excluding carboxylic acids is 1. The summed E-state index contributed by atoms with van der Waals surface area (Å²) in [4.78, 5) is 11.9. The van der Waals surface area contributed by atoms with E-state index in [0.29, 0.717) is 6.04 Å². The molecule has 4 heteroatoms. The molecule has 2 aliphatic heterocycles. The lowest BCUT2D eigenvalue weighted by Crippen LogP contribution is -2.39. The van der Waals surface area contributed by atoms with Crippen LogP contribution in [-0.2, 0) is 4.79 Å². The third-order valence-electron chi connectivity index (χ3n) is 3.77.